The fraction of sp³-hybridized carbons (Fsp3) is 0.371. The Balaban J connectivity index is 0.000000305. The number of thiazole rings is 2. The Bertz CT molecular complexity index is 4940. The number of aryl methyl sites for hydroxylation is 6. The zero-order chi connectivity index (χ0) is 79.4. The first-order valence-corrected chi connectivity index (χ1v) is 38.6. The van der Waals surface area contributed by atoms with E-state index in [9.17, 15) is 47.2 Å². The Hall–Kier alpha value is -8.44. The number of azo groups is 2. The predicted molar refractivity (Wildman–Crippen MR) is 424 cm³/mol. The molecular weight excluding hydrogens is 1620 g/mol. The average molecular weight is 1710 g/mol. The summed E-state index contributed by atoms with van der Waals surface area (Å²) in [6.45, 7) is 14.6. The average Bonchev–Trinajstić information content (AvgIpc) is 1.56. The zero-order valence-corrected chi connectivity index (χ0v) is 72.8. The van der Waals surface area contributed by atoms with E-state index in [2.05, 4.69) is 109 Å². The second-order valence-corrected chi connectivity index (χ2v) is 30.9. The van der Waals surface area contributed by atoms with E-state index < -0.39 is 45.1 Å². The van der Waals surface area contributed by atoms with Crippen LogP contribution in [0.4, 0.5) is 69.6 Å². The number of ether oxygens (including phenoxy) is 4. The summed E-state index contributed by atoms with van der Waals surface area (Å²) in [5.74, 6) is -0.871. The third kappa shape index (κ3) is 23.8. The molecule has 0 atom stereocenters. The molecule has 0 aliphatic carbocycles. The van der Waals surface area contributed by atoms with Crippen molar-refractivity contribution in [1.29, 1.82) is 10.5 Å². The maximum absolute atomic E-state index is 12.9. The van der Waals surface area contributed by atoms with E-state index in [1.54, 1.807) is 40.6 Å². The van der Waals surface area contributed by atoms with Crippen LogP contribution in [0.2, 0.25) is 0 Å². The zero-order valence-electron chi connectivity index (χ0n) is 63.8. The molecule has 6 aromatic heterocycles. The van der Waals surface area contributed by atoms with Crippen molar-refractivity contribution in [3.05, 3.63) is 118 Å². The molecule has 4 aromatic carbocycles. The Morgan fingerprint density at radius 3 is 1.11 bits per heavy atom. The van der Waals surface area contributed by atoms with E-state index in [0.717, 1.165) is 58.9 Å². The summed E-state index contributed by atoms with van der Waals surface area (Å²) in [4.78, 5) is 49.9. The van der Waals surface area contributed by atoms with Crippen molar-refractivity contribution in [3.8, 4) is 22.4 Å². The van der Waals surface area contributed by atoms with Crippen LogP contribution in [0.5, 0.6) is 0 Å². The van der Waals surface area contributed by atoms with Gasteiger partial charge in [0, 0.05) is 107 Å². The monoisotopic (exact) mass is 1710 g/mol. The molecule has 112 heavy (non-hydrogen) atoms. The van der Waals surface area contributed by atoms with E-state index in [1.165, 1.54) is 68.7 Å². The number of carbonyl (C=O) groups is 2. The molecule has 0 saturated carbocycles. The number of benzene rings is 4. The van der Waals surface area contributed by atoms with Gasteiger partial charge in [0.2, 0.25) is 53.8 Å². The fourth-order valence-electron chi connectivity index (χ4n) is 11.0. The van der Waals surface area contributed by atoms with Gasteiger partial charge in [-0.2, -0.15) is 39.1 Å². The summed E-state index contributed by atoms with van der Waals surface area (Å²) in [6, 6.07) is 21.0. The molecule has 0 unspecified atom stereocenters. The smallest absolute Gasteiger partial charge is 0.549 e. The third-order valence-electron chi connectivity index (χ3n) is 16.2. The topological polar surface area (TPSA) is 474 Å². The molecule has 0 aliphatic rings. The van der Waals surface area contributed by atoms with Gasteiger partial charge in [0.15, 0.2) is 34.6 Å². The third-order valence-corrected chi connectivity index (χ3v) is 21.8. The van der Waals surface area contributed by atoms with Crippen LogP contribution in [0, 0.1) is 64.2 Å². The van der Waals surface area contributed by atoms with Gasteiger partial charge in [-0.15, -0.1) is 30.7 Å². The maximum Gasteiger partial charge on any atom is 2.00 e. The van der Waals surface area contributed by atoms with Crippen molar-refractivity contribution in [2.75, 3.05) is 140 Å². The number of aliphatic carboxylic acids is 2. The fourth-order valence-corrected chi connectivity index (χ4v) is 15.0. The summed E-state index contributed by atoms with van der Waals surface area (Å²) in [5.41, 5.74) is 9.62. The van der Waals surface area contributed by atoms with E-state index in [0.29, 0.717) is 153 Å². The van der Waals surface area contributed by atoms with Gasteiger partial charge in [-0.3, -0.25) is 0 Å². The molecule has 0 saturated heterocycles. The predicted octanol–water partition coefficient (Wildman–Crippen LogP) is 8.23. The van der Waals surface area contributed by atoms with Gasteiger partial charge in [0.25, 0.3) is 0 Å². The number of carboxylic acid groups (broad SMARTS) is 2. The SMILES string of the molecule is COCCCNc1nc(Nc2c(C)cc(C)cc2C)nc(NCCCOC)c1N=Nc1nn(-c2nc3cc(S(=O)(=O)N(C)CC(=O)[O-])ccc3s2)cc1C#N.COCCCNc1nc(Nc2c(C)cc(C)cc2C)nc(NCCCOC)c1N=Nc1nn(-c2nc3cc(S(=O)(=O)N(C)CC(=O)[O-])ccc3s2)cc1C#N.[Ca+2].[Sr+2]. The molecule has 0 radical (unpaired) electrons. The second-order valence-electron chi connectivity index (χ2n) is 24.8. The summed E-state index contributed by atoms with van der Waals surface area (Å²) < 4.78 is 78.0. The van der Waals surface area contributed by atoms with Crippen LogP contribution in [-0.2, 0) is 48.6 Å². The summed E-state index contributed by atoms with van der Waals surface area (Å²) in [6.07, 6.45) is 5.62. The standard InChI is InChI=1S/2C35H42N12O6S2.Ca.Sr/c2*1-21-15-22(2)29(23(3)16-21)40-34-41-32(37-11-7-13-52-5)30(33(42-34)38-12-8-14-53-6)43-44-31-24(18-36)19-47(45-31)35-39-26-17-25(9-10-27(26)54-35)55(50,51)46(4)20-28(48)49;;/h2*9-10,15-17,19H,7-8,11-14,20H2,1-6H3,(H,48,49)(H3,37,38,40,41,42);;/q;;2*+2/p-2. The number of methoxy groups -OCH3 is 4. The Kier molecular flexibility index (Phi) is 34.5. The van der Waals surface area contributed by atoms with Crippen molar-refractivity contribution >= 4 is 228 Å². The largest absolute Gasteiger partial charge is 2.00 e. The van der Waals surface area contributed by atoms with Crippen LogP contribution in [0.25, 0.3) is 30.7 Å². The number of aromatic nitrogens is 10. The first-order chi connectivity index (χ1) is 52.7. The van der Waals surface area contributed by atoms with Crippen LogP contribution in [0.1, 0.15) is 70.2 Å². The second kappa shape index (κ2) is 42.6. The van der Waals surface area contributed by atoms with Gasteiger partial charge in [0.1, 0.15) is 23.3 Å². The van der Waals surface area contributed by atoms with Gasteiger partial charge in [-0.05, 0) is 126 Å². The van der Waals surface area contributed by atoms with Gasteiger partial charge >= 0.3 is 83.2 Å². The van der Waals surface area contributed by atoms with Gasteiger partial charge in [-0.1, -0.05) is 58.1 Å². The van der Waals surface area contributed by atoms with Crippen molar-refractivity contribution in [3.63, 3.8) is 0 Å². The van der Waals surface area contributed by atoms with Crippen LogP contribution in [-0.4, -0.2) is 278 Å². The number of hydrogen-bond acceptors (Lipinski definition) is 34. The van der Waals surface area contributed by atoms with Crippen molar-refractivity contribution in [2.24, 2.45) is 20.5 Å². The Morgan fingerprint density at radius 1 is 0.509 bits per heavy atom. The minimum absolute atomic E-state index is 0. The number of carbonyl (C=O) groups excluding carboxylic acids is 2. The number of carboxylic acids is 2. The first kappa shape index (κ1) is 90.7. The molecule has 6 heterocycles. The minimum atomic E-state index is -4.12. The van der Waals surface area contributed by atoms with E-state index in [4.69, 9.17) is 38.9 Å². The number of nitrogens with zero attached hydrogens (tertiary/aromatic N) is 18. The first-order valence-electron chi connectivity index (χ1n) is 34.1. The summed E-state index contributed by atoms with van der Waals surface area (Å²) in [5, 5.41) is 89.5. The molecule has 42 heteroatoms. The van der Waals surface area contributed by atoms with Crippen LogP contribution in [0.3, 0.4) is 0 Å². The normalized spacial score (nSPS) is 11.5. The molecule has 0 bridgehead atoms. The molecule has 10 rings (SSSR count). The van der Waals surface area contributed by atoms with Crippen molar-refractivity contribution < 1.29 is 55.6 Å². The van der Waals surface area contributed by atoms with Crippen molar-refractivity contribution in [2.45, 2.75) is 77.0 Å². The van der Waals surface area contributed by atoms with Crippen LogP contribution < -0.4 is 42.1 Å². The summed E-state index contributed by atoms with van der Waals surface area (Å²) in [7, 11) is 0.570. The molecule has 0 amide bonds. The summed E-state index contributed by atoms with van der Waals surface area (Å²) >= 11 is 2.40. The molecular formula is C70H82CaN24O12S4Sr+2. The number of anilines is 8. The number of nitriles is 2. The number of rotatable bonds is 38. The number of sulfonamides is 2. The number of nitrogens with one attached hydrogen (secondary N) is 6. The number of likely N-dealkylation sites (N-methyl/N-ethyl adjacent to an activating group) is 2. The Labute approximate surface area is 722 Å². The van der Waals surface area contributed by atoms with Crippen LogP contribution >= 0.6 is 22.7 Å². The van der Waals surface area contributed by atoms with Gasteiger partial charge in [-0.25, -0.2) is 36.2 Å². The minimum Gasteiger partial charge on any atom is -0.549 e. The molecule has 0 fully saturated rings. The molecule has 36 nitrogen and oxygen atoms in total. The number of hydrogen-bond donors (Lipinski definition) is 6. The van der Waals surface area contributed by atoms with Crippen LogP contribution in [0.15, 0.2) is 103 Å². The molecule has 10 aromatic rings. The molecule has 0 spiro atoms. The van der Waals surface area contributed by atoms with Gasteiger partial charge in [0.05, 0.1) is 67.6 Å². The molecule has 580 valence electrons. The van der Waals surface area contributed by atoms with Crippen molar-refractivity contribution in [1.82, 2.24) is 58.1 Å². The van der Waals surface area contributed by atoms with E-state index in [1.807, 2.05) is 41.5 Å². The molecule has 6 N–H and O–H groups in total. The van der Waals surface area contributed by atoms with E-state index >= 15 is 0 Å². The van der Waals surface area contributed by atoms with E-state index in [-0.39, 0.29) is 127 Å². The molecule has 0 aliphatic heterocycles. The quantitative estimate of drug-likeness (QED) is 0.0120. The number of fused-ring (bicyclic) bond motifs is 2. The maximum atomic E-state index is 12.9. The Morgan fingerprint density at radius 2 is 0.821 bits per heavy atom. The van der Waals surface area contributed by atoms with Gasteiger partial charge < -0.3 is 70.7 Å².